The summed E-state index contributed by atoms with van der Waals surface area (Å²) in [5.74, 6) is 0.657. The molecule has 1 amide bonds. The molecule has 0 saturated carbocycles. The number of ether oxygens (including phenoxy) is 1. The number of thiazole rings is 1. The van der Waals surface area contributed by atoms with Crippen LogP contribution in [0.5, 0.6) is 5.75 Å². The van der Waals surface area contributed by atoms with Crippen molar-refractivity contribution in [1.29, 1.82) is 0 Å². The number of para-hydroxylation sites is 1. The van der Waals surface area contributed by atoms with Gasteiger partial charge in [-0.15, -0.1) is 11.3 Å². The van der Waals surface area contributed by atoms with Crippen molar-refractivity contribution < 1.29 is 9.53 Å². The van der Waals surface area contributed by atoms with Crippen molar-refractivity contribution in [2.45, 2.75) is 39.2 Å². The van der Waals surface area contributed by atoms with Gasteiger partial charge in [0.1, 0.15) is 17.4 Å². The fraction of sp³-hybridized carbons (Fsp3) is 0.273. The lowest BCUT2D eigenvalue weighted by Crippen LogP contribution is -2.20. The molecule has 2 aromatic carbocycles. The van der Waals surface area contributed by atoms with Crippen molar-refractivity contribution in [3.05, 3.63) is 75.2 Å². The predicted octanol–water partition coefficient (Wildman–Crippen LogP) is 5.85. The number of nitrogens with zero attached hydrogens (tertiary/aromatic N) is 1. The Hall–Kier alpha value is -2.37. The first-order valence-electron chi connectivity index (χ1n) is 9.02. The second-order valence-corrected chi connectivity index (χ2v) is 8.87. The van der Waals surface area contributed by atoms with Crippen molar-refractivity contribution in [3.63, 3.8) is 0 Å². The number of benzene rings is 2. The molecule has 146 valence electrons. The molecule has 6 heteroatoms. The van der Waals surface area contributed by atoms with Crippen molar-refractivity contribution in [2.24, 2.45) is 0 Å². The Kier molecular flexibility index (Phi) is 6.37. The standard InChI is InChI=1S/C22H23ClN2O2S/c1-22(2,3)18-6-4-5-7-19(18)25-20(26)12-16-14-28-21(24-16)13-27-17-10-8-15(23)9-11-17/h4-11,14H,12-13H2,1-3H3,(H,25,26). The van der Waals surface area contributed by atoms with Gasteiger partial charge >= 0.3 is 0 Å². The third-order valence-electron chi connectivity index (χ3n) is 4.13. The highest BCUT2D eigenvalue weighted by atomic mass is 35.5. The minimum Gasteiger partial charge on any atom is -0.486 e. The Bertz CT molecular complexity index is 946. The monoisotopic (exact) mass is 414 g/mol. The van der Waals surface area contributed by atoms with Crippen LogP contribution in [0.2, 0.25) is 5.02 Å². The average molecular weight is 415 g/mol. The maximum Gasteiger partial charge on any atom is 0.230 e. The largest absolute Gasteiger partial charge is 0.486 e. The van der Waals surface area contributed by atoms with E-state index >= 15 is 0 Å². The number of carbonyl (C=O) groups is 1. The molecule has 3 rings (SSSR count). The summed E-state index contributed by atoms with van der Waals surface area (Å²) in [6.45, 7) is 6.75. The molecule has 0 aliphatic rings. The number of halogens is 1. The fourth-order valence-corrected chi connectivity index (χ4v) is 3.61. The maximum absolute atomic E-state index is 12.5. The van der Waals surface area contributed by atoms with E-state index in [9.17, 15) is 4.79 Å². The summed E-state index contributed by atoms with van der Waals surface area (Å²) in [6, 6.07) is 15.1. The molecule has 28 heavy (non-hydrogen) atoms. The fourth-order valence-electron chi connectivity index (χ4n) is 2.78. The second-order valence-electron chi connectivity index (χ2n) is 7.50. The predicted molar refractivity (Wildman–Crippen MR) is 115 cm³/mol. The van der Waals surface area contributed by atoms with E-state index in [1.54, 1.807) is 12.1 Å². The number of anilines is 1. The smallest absolute Gasteiger partial charge is 0.230 e. The first kappa shape index (κ1) is 20.4. The number of hydrogen-bond donors (Lipinski definition) is 1. The lowest BCUT2D eigenvalue weighted by atomic mass is 9.86. The van der Waals surface area contributed by atoms with Gasteiger partial charge in [-0.2, -0.15) is 0 Å². The first-order valence-corrected chi connectivity index (χ1v) is 10.3. The number of rotatable bonds is 6. The first-order chi connectivity index (χ1) is 13.3. The number of carbonyl (C=O) groups excluding carboxylic acids is 1. The van der Waals surface area contributed by atoms with Crippen LogP contribution in [-0.2, 0) is 23.2 Å². The number of aromatic nitrogens is 1. The molecule has 0 saturated heterocycles. The Labute approximate surface area is 174 Å². The molecule has 0 aliphatic heterocycles. The van der Waals surface area contributed by atoms with Crippen LogP contribution in [0.15, 0.2) is 53.9 Å². The normalized spacial score (nSPS) is 11.3. The molecule has 0 bridgehead atoms. The minimum absolute atomic E-state index is 0.0450. The Morgan fingerprint density at radius 3 is 2.57 bits per heavy atom. The second kappa shape index (κ2) is 8.76. The summed E-state index contributed by atoms with van der Waals surface area (Å²) in [5, 5.41) is 6.41. The molecule has 1 heterocycles. The number of amides is 1. The van der Waals surface area contributed by atoms with Gasteiger partial charge in [0.25, 0.3) is 0 Å². The zero-order valence-electron chi connectivity index (χ0n) is 16.2. The van der Waals surface area contributed by atoms with Crippen LogP contribution in [0, 0.1) is 0 Å². The summed E-state index contributed by atoms with van der Waals surface area (Å²) < 4.78 is 5.70. The number of nitrogens with one attached hydrogen (secondary N) is 1. The Morgan fingerprint density at radius 2 is 1.86 bits per heavy atom. The molecular formula is C22H23ClN2O2S. The summed E-state index contributed by atoms with van der Waals surface area (Å²) in [5.41, 5.74) is 2.65. The molecule has 1 aromatic heterocycles. The quantitative estimate of drug-likeness (QED) is 0.550. The molecule has 0 unspecified atom stereocenters. The minimum atomic E-state index is -0.0767. The molecule has 1 N–H and O–H groups in total. The van der Waals surface area contributed by atoms with Crippen LogP contribution in [0.4, 0.5) is 5.69 Å². The van der Waals surface area contributed by atoms with Gasteiger partial charge < -0.3 is 10.1 Å². The van der Waals surface area contributed by atoms with E-state index in [0.717, 1.165) is 27.7 Å². The molecule has 3 aromatic rings. The Morgan fingerprint density at radius 1 is 1.14 bits per heavy atom. The van der Waals surface area contributed by atoms with Crippen LogP contribution in [-0.4, -0.2) is 10.9 Å². The zero-order valence-corrected chi connectivity index (χ0v) is 17.7. The van der Waals surface area contributed by atoms with Gasteiger partial charge in [0.05, 0.1) is 12.1 Å². The summed E-state index contributed by atoms with van der Waals surface area (Å²) in [6.07, 6.45) is 0.232. The topological polar surface area (TPSA) is 51.2 Å². The molecule has 0 spiro atoms. The third-order valence-corrected chi connectivity index (χ3v) is 5.25. The summed E-state index contributed by atoms with van der Waals surface area (Å²) in [4.78, 5) is 17.0. The number of hydrogen-bond acceptors (Lipinski definition) is 4. The van der Waals surface area contributed by atoms with E-state index in [0.29, 0.717) is 11.6 Å². The summed E-state index contributed by atoms with van der Waals surface area (Å²) >= 11 is 7.35. The van der Waals surface area contributed by atoms with Gasteiger partial charge in [0, 0.05) is 16.1 Å². The van der Waals surface area contributed by atoms with Crippen molar-refractivity contribution in [3.8, 4) is 5.75 Å². The highest BCUT2D eigenvalue weighted by Crippen LogP contribution is 2.29. The van der Waals surface area contributed by atoms with E-state index in [1.807, 2.05) is 41.8 Å². The van der Waals surface area contributed by atoms with E-state index in [2.05, 4.69) is 31.1 Å². The van der Waals surface area contributed by atoms with Gasteiger partial charge in [-0.1, -0.05) is 50.6 Å². The van der Waals surface area contributed by atoms with Gasteiger partial charge in [-0.05, 0) is 41.3 Å². The van der Waals surface area contributed by atoms with Crippen LogP contribution in [0.25, 0.3) is 0 Å². The van der Waals surface area contributed by atoms with E-state index < -0.39 is 0 Å². The van der Waals surface area contributed by atoms with Crippen LogP contribution in [0.3, 0.4) is 0 Å². The van der Waals surface area contributed by atoms with Gasteiger partial charge in [-0.3, -0.25) is 4.79 Å². The average Bonchev–Trinajstić information content (AvgIpc) is 3.08. The van der Waals surface area contributed by atoms with Crippen molar-refractivity contribution in [1.82, 2.24) is 4.98 Å². The zero-order chi connectivity index (χ0) is 20.1. The van der Waals surface area contributed by atoms with Gasteiger partial charge in [0.2, 0.25) is 5.91 Å². The highest BCUT2D eigenvalue weighted by molar-refractivity contribution is 7.09. The SMILES string of the molecule is CC(C)(C)c1ccccc1NC(=O)Cc1csc(COc2ccc(Cl)cc2)n1. The molecule has 0 fully saturated rings. The Balaban J connectivity index is 1.58. The third kappa shape index (κ3) is 5.57. The highest BCUT2D eigenvalue weighted by Gasteiger charge is 2.19. The molecule has 0 aliphatic carbocycles. The van der Waals surface area contributed by atoms with Gasteiger partial charge in [0.15, 0.2) is 0 Å². The van der Waals surface area contributed by atoms with Crippen molar-refractivity contribution in [2.75, 3.05) is 5.32 Å². The molecule has 0 radical (unpaired) electrons. The van der Waals surface area contributed by atoms with E-state index in [4.69, 9.17) is 16.3 Å². The summed E-state index contributed by atoms with van der Waals surface area (Å²) in [7, 11) is 0. The van der Waals surface area contributed by atoms with E-state index in [1.165, 1.54) is 11.3 Å². The molecular weight excluding hydrogens is 392 g/mol. The van der Waals surface area contributed by atoms with Crippen LogP contribution >= 0.6 is 22.9 Å². The molecule has 0 atom stereocenters. The van der Waals surface area contributed by atoms with Crippen LogP contribution in [0.1, 0.15) is 37.0 Å². The lowest BCUT2D eigenvalue weighted by Gasteiger charge is -2.22. The van der Waals surface area contributed by atoms with Crippen molar-refractivity contribution >= 4 is 34.5 Å². The van der Waals surface area contributed by atoms with E-state index in [-0.39, 0.29) is 17.7 Å². The molecule has 4 nitrogen and oxygen atoms in total. The maximum atomic E-state index is 12.5. The van der Waals surface area contributed by atoms with Gasteiger partial charge in [-0.25, -0.2) is 4.98 Å². The van der Waals surface area contributed by atoms with Crippen LogP contribution < -0.4 is 10.1 Å². The lowest BCUT2D eigenvalue weighted by molar-refractivity contribution is -0.115.